The first-order valence-electron chi connectivity index (χ1n) is 6.57. The van der Waals surface area contributed by atoms with Crippen molar-refractivity contribution in [3.8, 4) is 11.8 Å². The molecule has 2 rings (SSSR count). The lowest BCUT2D eigenvalue weighted by Gasteiger charge is -2.36. The highest BCUT2D eigenvalue weighted by Crippen LogP contribution is 2.34. The predicted octanol–water partition coefficient (Wildman–Crippen LogP) is 1.89. The fourth-order valence-electron chi connectivity index (χ4n) is 2.86. The Hall–Kier alpha value is -1.57. The van der Waals surface area contributed by atoms with Crippen molar-refractivity contribution in [2.24, 2.45) is 0 Å². The number of nitrogens with zero attached hydrogens (tertiary/aromatic N) is 2. The number of hydrogen-bond acceptors (Lipinski definition) is 4. The first-order chi connectivity index (χ1) is 9.09. The summed E-state index contributed by atoms with van der Waals surface area (Å²) >= 11 is 0. The second-order valence-corrected chi connectivity index (χ2v) is 5.16. The Morgan fingerprint density at radius 3 is 2.74 bits per heavy atom. The average Bonchev–Trinajstić information content (AvgIpc) is 2.88. The van der Waals surface area contributed by atoms with Crippen molar-refractivity contribution in [3.63, 3.8) is 0 Å². The molecule has 19 heavy (non-hydrogen) atoms. The third-order valence-electron chi connectivity index (χ3n) is 3.96. The zero-order chi connectivity index (χ0) is 13.9. The Morgan fingerprint density at radius 2 is 2.16 bits per heavy atom. The van der Waals surface area contributed by atoms with Gasteiger partial charge in [0.25, 0.3) is 0 Å². The molecule has 1 heterocycles. The molecule has 0 spiro atoms. The van der Waals surface area contributed by atoms with Crippen molar-refractivity contribution in [3.05, 3.63) is 29.8 Å². The van der Waals surface area contributed by atoms with E-state index < -0.39 is 5.60 Å². The van der Waals surface area contributed by atoms with Crippen LogP contribution in [0, 0.1) is 11.3 Å². The smallest absolute Gasteiger partial charge is 0.118 e. The molecule has 0 saturated carbocycles. The van der Waals surface area contributed by atoms with Crippen molar-refractivity contribution >= 4 is 0 Å². The molecule has 1 aliphatic heterocycles. The van der Waals surface area contributed by atoms with E-state index in [-0.39, 0.29) is 6.04 Å². The molecule has 1 fully saturated rings. The summed E-state index contributed by atoms with van der Waals surface area (Å²) in [6.45, 7) is 3.08. The monoisotopic (exact) mass is 260 g/mol. The van der Waals surface area contributed by atoms with Gasteiger partial charge in [-0.15, -0.1) is 0 Å². The number of rotatable bonds is 4. The third-order valence-corrected chi connectivity index (χ3v) is 3.96. The standard InChI is InChI=1S/C15H20N2O2/c1-15(18,12-5-7-13(19-2)8-6-12)14-4-3-10-17(14)11-9-16/h5-8,14,18H,3-4,10-11H2,1-2H3. The zero-order valence-electron chi connectivity index (χ0n) is 11.5. The molecule has 1 N–H and O–H groups in total. The van der Waals surface area contributed by atoms with E-state index in [1.165, 1.54) is 0 Å². The van der Waals surface area contributed by atoms with Gasteiger partial charge in [-0.2, -0.15) is 5.26 Å². The normalized spacial score (nSPS) is 22.7. The zero-order valence-corrected chi connectivity index (χ0v) is 11.5. The van der Waals surface area contributed by atoms with Gasteiger partial charge in [-0.3, -0.25) is 4.90 Å². The minimum absolute atomic E-state index is 0.000505. The van der Waals surface area contributed by atoms with Crippen molar-refractivity contribution < 1.29 is 9.84 Å². The van der Waals surface area contributed by atoms with Gasteiger partial charge in [-0.05, 0) is 44.0 Å². The highest BCUT2D eigenvalue weighted by molar-refractivity contribution is 5.31. The van der Waals surface area contributed by atoms with E-state index in [1.54, 1.807) is 7.11 Å². The first kappa shape index (κ1) is 13.9. The van der Waals surface area contributed by atoms with Crippen LogP contribution in [0.5, 0.6) is 5.75 Å². The van der Waals surface area contributed by atoms with Gasteiger partial charge in [-0.25, -0.2) is 0 Å². The van der Waals surface area contributed by atoms with E-state index in [0.29, 0.717) is 6.54 Å². The van der Waals surface area contributed by atoms with Crippen molar-refractivity contribution in [2.45, 2.75) is 31.4 Å². The largest absolute Gasteiger partial charge is 0.497 e. The molecule has 0 radical (unpaired) electrons. The number of hydrogen-bond donors (Lipinski definition) is 1. The van der Waals surface area contributed by atoms with E-state index in [9.17, 15) is 5.11 Å². The summed E-state index contributed by atoms with van der Waals surface area (Å²) in [6, 6.07) is 9.67. The van der Waals surface area contributed by atoms with E-state index in [0.717, 1.165) is 30.7 Å². The summed E-state index contributed by atoms with van der Waals surface area (Å²) in [5.74, 6) is 0.778. The molecule has 0 bridgehead atoms. The van der Waals surface area contributed by atoms with Crippen LogP contribution in [-0.2, 0) is 5.60 Å². The van der Waals surface area contributed by atoms with E-state index >= 15 is 0 Å². The molecule has 2 unspecified atom stereocenters. The maximum atomic E-state index is 10.9. The predicted molar refractivity (Wildman–Crippen MR) is 72.8 cm³/mol. The minimum atomic E-state index is -0.945. The topological polar surface area (TPSA) is 56.5 Å². The van der Waals surface area contributed by atoms with Gasteiger partial charge in [0.15, 0.2) is 0 Å². The second-order valence-electron chi connectivity index (χ2n) is 5.16. The molecule has 4 heteroatoms. The Balaban J connectivity index is 2.22. The highest BCUT2D eigenvalue weighted by atomic mass is 16.5. The molecule has 1 aliphatic rings. The Kier molecular flexibility index (Phi) is 4.08. The summed E-state index contributed by atoms with van der Waals surface area (Å²) in [7, 11) is 1.62. The number of methoxy groups -OCH3 is 1. The Labute approximate surface area is 114 Å². The molecule has 1 aromatic carbocycles. The van der Waals surface area contributed by atoms with Crippen molar-refractivity contribution in [1.82, 2.24) is 4.90 Å². The summed E-state index contributed by atoms with van der Waals surface area (Å²) in [6.07, 6.45) is 1.94. The van der Waals surface area contributed by atoms with E-state index in [2.05, 4.69) is 11.0 Å². The van der Waals surface area contributed by atoms with Gasteiger partial charge < -0.3 is 9.84 Å². The summed E-state index contributed by atoms with van der Waals surface area (Å²) in [4.78, 5) is 2.06. The van der Waals surface area contributed by atoms with Gasteiger partial charge >= 0.3 is 0 Å². The molecule has 2 atom stereocenters. The minimum Gasteiger partial charge on any atom is -0.497 e. The van der Waals surface area contributed by atoms with Crippen LogP contribution in [0.15, 0.2) is 24.3 Å². The summed E-state index contributed by atoms with van der Waals surface area (Å²) < 4.78 is 5.13. The van der Waals surface area contributed by atoms with Crippen LogP contribution in [0.25, 0.3) is 0 Å². The molecule has 0 aromatic heterocycles. The van der Waals surface area contributed by atoms with Crippen LogP contribution in [0.2, 0.25) is 0 Å². The number of ether oxygens (including phenoxy) is 1. The lowest BCUT2D eigenvalue weighted by Crippen LogP contribution is -2.45. The fourth-order valence-corrected chi connectivity index (χ4v) is 2.86. The van der Waals surface area contributed by atoms with Gasteiger partial charge in [-0.1, -0.05) is 12.1 Å². The molecule has 1 aromatic rings. The summed E-state index contributed by atoms with van der Waals surface area (Å²) in [5, 5.41) is 19.7. The number of aliphatic hydroxyl groups is 1. The Bertz CT molecular complexity index is 462. The molecule has 0 amide bonds. The molecule has 0 aliphatic carbocycles. The number of benzene rings is 1. The second kappa shape index (κ2) is 5.60. The molecular formula is C15H20N2O2. The molecule has 102 valence electrons. The third kappa shape index (κ3) is 2.73. The fraction of sp³-hybridized carbons (Fsp3) is 0.533. The van der Waals surface area contributed by atoms with Crippen molar-refractivity contribution in [2.75, 3.05) is 20.2 Å². The summed E-state index contributed by atoms with van der Waals surface area (Å²) in [5.41, 5.74) is -0.0808. The number of likely N-dealkylation sites (tertiary alicyclic amines) is 1. The Morgan fingerprint density at radius 1 is 1.47 bits per heavy atom. The highest BCUT2D eigenvalue weighted by Gasteiger charge is 2.40. The van der Waals surface area contributed by atoms with Crippen LogP contribution < -0.4 is 4.74 Å². The van der Waals surface area contributed by atoms with Crippen LogP contribution in [0.3, 0.4) is 0 Å². The van der Waals surface area contributed by atoms with Gasteiger partial charge in [0.2, 0.25) is 0 Å². The van der Waals surface area contributed by atoms with Crippen LogP contribution in [0.4, 0.5) is 0 Å². The van der Waals surface area contributed by atoms with Crippen LogP contribution >= 0.6 is 0 Å². The average molecular weight is 260 g/mol. The maximum Gasteiger partial charge on any atom is 0.118 e. The quantitative estimate of drug-likeness (QED) is 0.840. The lowest BCUT2D eigenvalue weighted by atomic mass is 9.86. The van der Waals surface area contributed by atoms with Crippen LogP contribution in [0.1, 0.15) is 25.3 Å². The molecule has 4 nitrogen and oxygen atoms in total. The van der Waals surface area contributed by atoms with E-state index in [4.69, 9.17) is 10.00 Å². The van der Waals surface area contributed by atoms with Gasteiger partial charge in [0.1, 0.15) is 11.4 Å². The van der Waals surface area contributed by atoms with E-state index in [1.807, 2.05) is 31.2 Å². The maximum absolute atomic E-state index is 10.9. The van der Waals surface area contributed by atoms with Crippen molar-refractivity contribution in [1.29, 1.82) is 5.26 Å². The number of nitriles is 1. The molecular weight excluding hydrogens is 240 g/mol. The first-order valence-corrected chi connectivity index (χ1v) is 6.57. The molecule has 1 saturated heterocycles. The SMILES string of the molecule is COc1ccc(C(C)(O)C2CCCN2CC#N)cc1. The van der Waals surface area contributed by atoms with Gasteiger partial charge in [0.05, 0.1) is 19.7 Å². The van der Waals surface area contributed by atoms with Crippen LogP contribution in [-0.4, -0.2) is 36.2 Å². The van der Waals surface area contributed by atoms with Gasteiger partial charge in [0, 0.05) is 6.04 Å². The lowest BCUT2D eigenvalue weighted by molar-refractivity contribution is -0.0191.